The molecule has 0 amide bonds. The predicted molar refractivity (Wildman–Crippen MR) is 112 cm³/mol. The Balaban J connectivity index is 1.90. The van der Waals surface area contributed by atoms with E-state index in [1.165, 1.54) is 17.5 Å². The van der Waals surface area contributed by atoms with Crippen LogP contribution in [0.3, 0.4) is 0 Å². The zero-order valence-electron chi connectivity index (χ0n) is 15.6. The monoisotopic (exact) mass is 433 g/mol. The molecule has 1 aliphatic heterocycles. The normalized spacial score (nSPS) is 17.2. The van der Waals surface area contributed by atoms with Crippen molar-refractivity contribution in [3.63, 3.8) is 0 Å². The van der Waals surface area contributed by atoms with E-state index in [1.807, 2.05) is 0 Å². The lowest BCUT2D eigenvalue weighted by molar-refractivity contribution is 0.102. The summed E-state index contributed by atoms with van der Waals surface area (Å²) in [6.45, 7) is 1.38. The minimum Gasteiger partial charge on any atom is -0.395 e. The molecule has 2 aromatic heterocycles. The highest BCUT2D eigenvalue weighted by Gasteiger charge is 2.44. The van der Waals surface area contributed by atoms with Gasteiger partial charge in [-0.25, -0.2) is 9.97 Å². The van der Waals surface area contributed by atoms with E-state index in [4.69, 9.17) is 17.3 Å². The third-order valence-corrected chi connectivity index (χ3v) is 6.59. The van der Waals surface area contributed by atoms with Crippen molar-refractivity contribution < 1.29 is 15.3 Å². The van der Waals surface area contributed by atoms with Crippen molar-refractivity contribution in [2.24, 2.45) is 0 Å². The van der Waals surface area contributed by atoms with Gasteiger partial charge in [-0.2, -0.15) is 4.98 Å². The number of nitrogen functional groups attached to an aromatic ring is 1. The van der Waals surface area contributed by atoms with Crippen LogP contribution < -0.4 is 10.6 Å². The largest absolute Gasteiger partial charge is 0.395 e. The molecule has 1 atom stereocenters. The van der Waals surface area contributed by atoms with Crippen molar-refractivity contribution in [2.75, 3.05) is 30.4 Å². The van der Waals surface area contributed by atoms with Crippen LogP contribution >= 0.6 is 22.9 Å². The molecule has 8 nitrogen and oxygen atoms in total. The van der Waals surface area contributed by atoms with Crippen molar-refractivity contribution >= 4 is 40.4 Å². The number of aromatic nitrogens is 3. The molecule has 3 aromatic rings. The number of halogens is 1. The first-order valence-electron chi connectivity index (χ1n) is 8.87. The number of hydrogen-bond donors (Lipinski definition) is 4. The highest BCUT2D eigenvalue weighted by atomic mass is 35.5. The average molecular weight is 434 g/mol. The van der Waals surface area contributed by atoms with E-state index in [9.17, 15) is 15.3 Å². The molecule has 10 heteroatoms. The standard InChI is InChI=1S/C19H20ClN5O3S/c1-18(28,16-22-4-5-29-16)11-2-3-12-14(6-11)25(8-19(12,9-26)10-27)15-13(20)7-23-17(21)24-15/h2-7,26-28H,8-10H2,1H3,(H2,21,23,24)/t18-/m1/s1. The number of nitrogens with zero attached hydrogens (tertiary/aromatic N) is 4. The third-order valence-electron chi connectivity index (χ3n) is 5.34. The molecule has 4 rings (SSSR count). The fourth-order valence-electron chi connectivity index (χ4n) is 3.64. The van der Waals surface area contributed by atoms with Crippen LogP contribution in [0.1, 0.15) is 23.1 Å². The number of hydrogen-bond acceptors (Lipinski definition) is 9. The molecular formula is C19H20ClN5O3S. The number of fused-ring (bicyclic) bond motifs is 1. The van der Waals surface area contributed by atoms with Gasteiger partial charge in [-0.1, -0.05) is 23.7 Å². The van der Waals surface area contributed by atoms with Gasteiger partial charge >= 0.3 is 0 Å². The van der Waals surface area contributed by atoms with Crippen LogP contribution in [-0.2, 0) is 11.0 Å². The van der Waals surface area contributed by atoms with Gasteiger partial charge in [0.15, 0.2) is 5.82 Å². The van der Waals surface area contributed by atoms with Gasteiger partial charge in [-0.15, -0.1) is 11.3 Å². The molecule has 0 unspecified atom stereocenters. The van der Waals surface area contributed by atoms with E-state index in [0.717, 1.165) is 5.56 Å². The summed E-state index contributed by atoms with van der Waals surface area (Å²) in [6, 6.07) is 5.38. The quantitative estimate of drug-likeness (QED) is 0.479. The molecule has 3 heterocycles. The Morgan fingerprint density at radius 1 is 1.31 bits per heavy atom. The molecule has 0 saturated carbocycles. The Hall–Kier alpha value is -2.30. The van der Waals surface area contributed by atoms with Crippen molar-refractivity contribution in [1.29, 1.82) is 0 Å². The van der Waals surface area contributed by atoms with E-state index in [0.29, 0.717) is 22.1 Å². The van der Waals surface area contributed by atoms with Crippen LogP contribution in [0, 0.1) is 0 Å². The second kappa shape index (κ2) is 7.19. The maximum absolute atomic E-state index is 11.1. The van der Waals surface area contributed by atoms with Crippen molar-refractivity contribution in [3.8, 4) is 0 Å². The topological polar surface area (TPSA) is 129 Å². The molecular weight excluding hydrogens is 414 g/mol. The van der Waals surface area contributed by atoms with Crippen LogP contribution in [0.5, 0.6) is 0 Å². The molecule has 152 valence electrons. The molecule has 0 spiro atoms. The molecule has 29 heavy (non-hydrogen) atoms. The smallest absolute Gasteiger partial charge is 0.222 e. The molecule has 1 aromatic carbocycles. The molecule has 0 aliphatic carbocycles. The Kier molecular flexibility index (Phi) is 4.96. The molecule has 1 aliphatic rings. The zero-order chi connectivity index (χ0) is 20.8. The van der Waals surface area contributed by atoms with E-state index >= 15 is 0 Å². The third kappa shape index (κ3) is 3.15. The lowest BCUT2D eigenvalue weighted by atomic mass is 9.82. The first-order valence-corrected chi connectivity index (χ1v) is 10.1. The summed E-state index contributed by atoms with van der Waals surface area (Å²) in [6.07, 6.45) is 3.05. The van der Waals surface area contributed by atoms with Crippen LogP contribution in [-0.4, -0.2) is 50.0 Å². The summed E-state index contributed by atoms with van der Waals surface area (Å²) in [5.74, 6) is 0.428. The summed E-state index contributed by atoms with van der Waals surface area (Å²) in [5.41, 5.74) is 5.54. The van der Waals surface area contributed by atoms with Crippen molar-refractivity contribution in [2.45, 2.75) is 17.9 Å². The number of anilines is 3. The van der Waals surface area contributed by atoms with E-state index in [-0.39, 0.29) is 30.7 Å². The molecule has 0 saturated heterocycles. The van der Waals surface area contributed by atoms with Gasteiger partial charge in [0.2, 0.25) is 5.95 Å². The Morgan fingerprint density at radius 2 is 2.07 bits per heavy atom. The second-order valence-electron chi connectivity index (χ2n) is 7.22. The van der Waals surface area contributed by atoms with Gasteiger partial charge < -0.3 is 26.0 Å². The minimum absolute atomic E-state index is 0.0578. The second-order valence-corrected chi connectivity index (χ2v) is 8.53. The maximum atomic E-state index is 11.1. The zero-order valence-corrected chi connectivity index (χ0v) is 17.2. The molecule has 0 bridgehead atoms. The predicted octanol–water partition coefficient (Wildman–Crippen LogP) is 1.80. The van der Waals surface area contributed by atoms with E-state index in [1.54, 1.807) is 41.6 Å². The molecule has 5 N–H and O–H groups in total. The van der Waals surface area contributed by atoms with E-state index in [2.05, 4.69) is 15.0 Å². The summed E-state index contributed by atoms with van der Waals surface area (Å²) in [4.78, 5) is 14.2. The van der Waals surface area contributed by atoms with Crippen molar-refractivity contribution in [1.82, 2.24) is 15.0 Å². The first-order chi connectivity index (χ1) is 13.8. The van der Waals surface area contributed by atoms with Gasteiger partial charge in [0.05, 0.1) is 24.8 Å². The SMILES string of the molecule is C[C@@](O)(c1ccc2c(c1)N(c1nc(N)ncc1Cl)CC2(CO)CO)c1nccs1. The number of aliphatic hydroxyl groups is 3. The van der Waals surface area contributed by atoms with Crippen LogP contribution in [0.15, 0.2) is 36.0 Å². The summed E-state index contributed by atoms with van der Waals surface area (Å²) >= 11 is 7.68. The average Bonchev–Trinajstić information content (AvgIpc) is 3.37. The fourth-order valence-corrected chi connectivity index (χ4v) is 4.55. The lowest BCUT2D eigenvalue weighted by Crippen LogP contribution is -2.39. The number of benzene rings is 1. The minimum atomic E-state index is -1.31. The summed E-state index contributed by atoms with van der Waals surface area (Å²) in [7, 11) is 0. The van der Waals surface area contributed by atoms with Crippen LogP contribution in [0.4, 0.5) is 17.5 Å². The highest BCUT2D eigenvalue weighted by molar-refractivity contribution is 7.09. The molecule has 0 fully saturated rings. The number of thiazole rings is 1. The fraction of sp³-hybridized carbons (Fsp3) is 0.316. The lowest BCUT2D eigenvalue weighted by Gasteiger charge is -2.26. The van der Waals surface area contributed by atoms with Crippen molar-refractivity contribution in [3.05, 3.63) is 57.1 Å². The number of nitrogens with two attached hydrogens (primary N) is 1. The van der Waals surface area contributed by atoms with Gasteiger partial charge in [0.1, 0.15) is 15.6 Å². The Morgan fingerprint density at radius 3 is 2.72 bits per heavy atom. The molecule has 0 radical (unpaired) electrons. The van der Waals surface area contributed by atoms with Gasteiger partial charge in [0.25, 0.3) is 0 Å². The summed E-state index contributed by atoms with van der Waals surface area (Å²) in [5, 5.41) is 34.0. The first kappa shape index (κ1) is 20.0. The summed E-state index contributed by atoms with van der Waals surface area (Å²) < 4.78 is 0. The van der Waals surface area contributed by atoms with Crippen LogP contribution in [0.2, 0.25) is 5.02 Å². The Bertz CT molecular complexity index is 1040. The van der Waals surface area contributed by atoms with Gasteiger partial charge in [-0.3, -0.25) is 0 Å². The van der Waals surface area contributed by atoms with Gasteiger partial charge in [-0.05, 0) is 24.1 Å². The number of aliphatic hydroxyl groups excluding tert-OH is 2. The van der Waals surface area contributed by atoms with Crippen LogP contribution in [0.25, 0.3) is 0 Å². The number of rotatable bonds is 5. The van der Waals surface area contributed by atoms with E-state index < -0.39 is 11.0 Å². The van der Waals surface area contributed by atoms with Gasteiger partial charge in [0, 0.05) is 23.8 Å². The maximum Gasteiger partial charge on any atom is 0.222 e. The highest BCUT2D eigenvalue weighted by Crippen LogP contribution is 2.47. The Labute approximate surface area is 176 Å².